The molecular weight excluding hydrogens is 543 g/mol. The smallest absolute Gasteiger partial charge is 0.475 e. The lowest BCUT2D eigenvalue weighted by atomic mass is 10.1. The fraction of sp³-hybridized carbons (Fsp3) is 0.458. The number of hydrogen-bond acceptors (Lipinski definition) is 5. The van der Waals surface area contributed by atoms with Crippen LogP contribution in [0.4, 0.5) is 30.7 Å². The number of rotatable bonds is 5. The first-order valence-corrected chi connectivity index (χ1v) is 11.3. The Labute approximate surface area is 218 Å². The van der Waals surface area contributed by atoms with Gasteiger partial charge in [0.1, 0.15) is 5.82 Å². The Bertz CT molecular complexity index is 1120. The molecule has 2 heterocycles. The van der Waals surface area contributed by atoms with Gasteiger partial charge >= 0.3 is 24.3 Å². The van der Waals surface area contributed by atoms with Crippen LogP contribution in [0.3, 0.4) is 0 Å². The highest BCUT2D eigenvalue weighted by Gasteiger charge is 2.38. The molecule has 1 aliphatic heterocycles. The van der Waals surface area contributed by atoms with Crippen LogP contribution in [0.2, 0.25) is 0 Å². The molecule has 0 spiro atoms. The minimum absolute atomic E-state index is 0.0904. The fourth-order valence-corrected chi connectivity index (χ4v) is 3.39. The van der Waals surface area contributed by atoms with Crippen LogP contribution in [0.5, 0.6) is 0 Å². The number of likely N-dealkylation sites (N-methyl/N-ethyl adjacent to an activating group) is 1. The van der Waals surface area contributed by atoms with Crippen LogP contribution < -0.4 is 5.56 Å². The summed E-state index contributed by atoms with van der Waals surface area (Å²) in [6.45, 7) is 4.27. The topological polar surface area (TPSA) is 103 Å². The van der Waals surface area contributed by atoms with Crippen LogP contribution in [-0.4, -0.2) is 82.6 Å². The van der Waals surface area contributed by atoms with Crippen LogP contribution >= 0.6 is 0 Å². The SMILES string of the molecule is CN(C)CCn1c2c(ccc1=O)CCN(Cc1ccc(F)cc1)CC2.O=C(O)C(F)(F)F.O=C(O)C(F)(F)F. The summed E-state index contributed by atoms with van der Waals surface area (Å²) in [5, 5.41) is 14.2. The molecule has 0 fully saturated rings. The second kappa shape index (κ2) is 14.6. The summed E-state index contributed by atoms with van der Waals surface area (Å²) in [5.74, 6) is -5.71. The molecule has 0 radical (unpaired) electrons. The van der Waals surface area contributed by atoms with Crippen molar-refractivity contribution in [2.24, 2.45) is 0 Å². The third kappa shape index (κ3) is 12.3. The number of alkyl halides is 6. The Balaban J connectivity index is 0.000000449. The summed E-state index contributed by atoms with van der Waals surface area (Å²) >= 11 is 0. The van der Waals surface area contributed by atoms with Crippen LogP contribution in [0.25, 0.3) is 0 Å². The molecule has 0 saturated carbocycles. The van der Waals surface area contributed by atoms with Gasteiger partial charge in [-0.05, 0) is 43.8 Å². The standard InChI is InChI=1S/C20H26FN3O.2C2HF3O2/c1-22(2)13-14-24-19-10-12-23(11-9-17(19)5-8-20(24)25)15-16-3-6-18(21)7-4-16;2*3-2(4,5)1(6)7/h3-8H,9-15H2,1-2H3;2*(H,6,7). The molecule has 0 saturated heterocycles. The van der Waals surface area contributed by atoms with Crippen molar-refractivity contribution in [1.29, 1.82) is 0 Å². The van der Waals surface area contributed by atoms with E-state index in [0.29, 0.717) is 0 Å². The first-order valence-electron chi connectivity index (χ1n) is 11.3. The summed E-state index contributed by atoms with van der Waals surface area (Å²) in [4.78, 5) is 34.6. The summed E-state index contributed by atoms with van der Waals surface area (Å²) in [5.41, 5.74) is 3.67. The number of aliphatic carboxylic acids is 2. The number of nitrogens with zero attached hydrogens (tertiary/aromatic N) is 3. The Morgan fingerprint density at radius 1 is 0.872 bits per heavy atom. The van der Waals surface area contributed by atoms with Crippen molar-refractivity contribution >= 4 is 11.9 Å². The van der Waals surface area contributed by atoms with Crippen molar-refractivity contribution in [3.8, 4) is 0 Å². The molecule has 8 nitrogen and oxygen atoms in total. The number of hydrogen-bond donors (Lipinski definition) is 2. The molecular formula is C24H28F7N3O5. The van der Waals surface area contributed by atoms with Gasteiger partial charge in [0.25, 0.3) is 5.56 Å². The molecule has 1 aromatic carbocycles. The second-order valence-electron chi connectivity index (χ2n) is 8.61. The highest BCUT2D eigenvalue weighted by Crippen LogP contribution is 2.17. The fourth-order valence-electron chi connectivity index (χ4n) is 3.39. The van der Waals surface area contributed by atoms with E-state index < -0.39 is 24.3 Å². The van der Waals surface area contributed by atoms with Gasteiger partial charge in [0.05, 0.1) is 0 Å². The Morgan fingerprint density at radius 2 is 1.36 bits per heavy atom. The number of halogens is 7. The lowest BCUT2D eigenvalue weighted by Crippen LogP contribution is -2.30. The zero-order valence-corrected chi connectivity index (χ0v) is 21.0. The van der Waals surface area contributed by atoms with Gasteiger partial charge in [-0.2, -0.15) is 26.3 Å². The van der Waals surface area contributed by atoms with E-state index in [0.717, 1.165) is 51.1 Å². The predicted molar refractivity (Wildman–Crippen MR) is 126 cm³/mol. The van der Waals surface area contributed by atoms with Crippen molar-refractivity contribution in [3.05, 3.63) is 69.4 Å². The third-order valence-electron chi connectivity index (χ3n) is 5.33. The van der Waals surface area contributed by atoms with Gasteiger partial charge in [-0.15, -0.1) is 0 Å². The normalized spacial score (nSPS) is 13.8. The average Bonchev–Trinajstić information content (AvgIpc) is 3.02. The number of carboxylic acid groups (broad SMARTS) is 2. The molecule has 218 valence electrons. The number of fused-ring (bicyclic) bond motifs is 1. The lowest BCUT2D eigenvalue weighted by molar-refractivity contribution is -0.193. The molecule has 2 N–H and O–H groups in total. The van der Waals surface area contributed by atoms with E-state index in [2.05, 4.69) is 9.80 Å². The van der Waals surface area contributed by atoms with E-state index in [9.17, 15) is 35.5 Å². The van der Waals surface area contributed by atoms with Gasteiger partial charge in [-0.3, -0.25) is 9.69 Å². The maximum absolute atomic E-state index is 13.1. The van der Waals surface area contributed by atoms with E-state index in [1.807, 2.05) is 36.9 Å². The highest BCUT2D eigenvalue weighted by atomic mass is 19.4. The summed E-state index contributed by atoms with van der Waals surface area (Å²) in [7, 11) is 4.05. The highest BCUT2D eigenvalue weighted by molar-refractivity contribution is 5.73. The number of carboxylic acids is 2. The number of benzene rings is 1. The lowest BCUT2D eigenvalue weighted by Gasteiger charge is -2.20. The van der Waals surface area contributed by atoms with E-state index in [4.69, 9.17) is 19.8 Å². The van der Waals surface area contributed by atoms with Crippen LogP contribution in [-0.2, 0) is 35.5 Å². The number of carbonyl (C=O) groups is 2. The minimum atomic E-state index is -5.08. The van der Waals surface area contributed by atoms with Gasteiger partial charge in [0, 0.05) is 50.9 Å². The van der Waals surface area contributed by atoms with Gasteiger partial charge in [0.2, 0.25) is 0 Å². The Morgan fingerprint density at radius 3 is 1.82 bits per heavy atom. The third-order valence-corrected chi connectivity index (χ3v) is 5.33. The molecule has 0 unspecified atom stereocenters. The molecule has 0 aliphatic carbocycles. The largest absolute Gasteiger partial charge is 0.490 e. The first kappa shape index (κ1) is 33.6. The molecule has 0 bridgehead atoms. The minimum Gasteiger partial charge on any atom is -0.475 e. The van der Waals surface area contributed by atoms with Crippen LogP contribution in [0.15, 0.2) is 41.2 Å². The van der Waals surface area contributed by atoms with E-state index in [1.54, 1.807) is 6.07 Å². The molecule has 15 heteroatoms. The number of pyridine rings is 1. The monoisotopic (exact) mass is 571 g/mol. The van der Waals surface area contributed by atoms with Crippen molar-refractivity contribution in [3.63, 3.8) is 0 Å². The van der Waals surface area contributed by atoms with E-state index in [-0.39, 0.29) is 11.4 Å². The van der Waals surface area contributed by atoms with Crippen LogP contribution in [0.1, 0.15) is 16.8 Å². The molecule has 39 heavy (non-hydrogen) atoms. The maximum Gasteiger partial charge on any atom is 0.490 e. The summed E-state index contributed by atoms with van der Waals surface area (Å²) in [6, 6.07) is 10.4. The average molecular weight is 571 g/mol. The van der Waals surface area contributed by atoms with Gasteiger partial charge in [0.15, 0.2) is 0 Å². The zero-order valence-electron chi connectivity index (χ0n) is 21.0. The molecule has 0 atom stereocenters. The predicted octanol–water partition coefficient (Wildman–Crippen LogP) is 3.42. The van der Waals surface area contributed by atoms with Crippen molar-refractivity contribution in [2.75, 3.05) is 33.7 Å². The summed E-state index contributed by atoms with van der Waals surface area (Å²) in [6.07, 6.45) is -8.35. The van der Waals surface area contributed by atoms with Gasteiger partial charge in [-0.1, -0.05) is 18.2 Å². The van der Waals surface area contributed by atoms with Crippen molar-refractivity contribution in [1.82, 2.24) is 14.4 Å². The van der Waals surface area contributed by atoms with E-state index in [1.165, 1.54) is 23.4 Å². The molecule has 0 amide bonds. The van der Waals surface area contributed by atoms with Crippen molar-refractivity contribution in [2.45, 2.75) is 38.3 Å². The Hall–Kier alpha value is -3.46. The molecule has 1 aliphatic rings. The van der Waals surface area contributed by atoms with Gasteiger partial charge in [-0.25, -0.2) is 14.0 Å². The van der Waals surface area contributed by atoms with E-state index >= 15 is 0 Å². The quantitative estimate of drug-likeness (QED) is 0.531. The zero-order chi connectivity index (χ0) is 30.0. The first-order chi connectivity index (χ1) is 17.9. The second-order valence-corrected chi connectivity index (χ2v) is 8.61. The number of aromatic nitrogens is 1. The molecule has 1 aromatic heterocycles. The molecule has 3 rings (SSSR count). The van der Waals surface area contributed by atoms with Crippen molar-refractivity contribution < 1.29 is 50.5 Å². The maximum atomic E-state index is 13.1. The summed E-state index contributed by atoms with van der Waals surface area (Å²) < 4.78 is 78.5. The molecule has 2 aromatic rings. The van der Waals surface area contributed by atoms with Gasteiger partial charge < -0.3 is 19.7 Å². The Kier molecular flexibility index (Phi) is 12.6. The van der Waals surface area contributed by atoms with Crippen LogP contribution in [0, 0.1) is 5.82 Å².